The molecule has 0 bridgehead atoms. The van der Waals surface area contributed by atoms with E-state index in [0.717, 1.165) is 17.8 Å². The molecule has 0 unspecified atom stereocenters. The molecule has 90 valence electrons. The zero-order valence-corrected chi connectivity index (χ0v) is 11.0. The molecule has 0 fully saturated rings. The predicted molar refractivity (Wildman–Crippen MR) is 65.3 cm³/mol. The van der Waals surface area contributed by atoms with Crippen molar-refractivity contribution >= 4 is 21.4 Å². The van der Waals surface area contributed by atoms with Crippen molar-refractivity contribution in [3.8, 4) is 0 Å². The Hall–Kier alpha value is -0.460. The van der Waals surface area contributed by atoms with E-state index < -0.39 is 10.0 Å². The molecule has 0 spiro atoms. The van der Waals surface area contributed by atoms with Gasteiger partial charge in [-0.1, -0.05) is 0 Å². The number of nitrogens with zero attached hydrogens (tertiary/aromatic N) is 1. The molecule has 1 aliphatic rings. The smallest absolute Gasteiger partial charge is 0.208 e. The van der Waals surface area contributed by atoms with Crippen molar-refractivity contribution in [2.45, 2.75) is 32.1 Å². The highest BCUT2D eigenvalue weighted by atomic mass is 32.2. The van der Waals surface area contributed by atoms with Gasteiger partial charge < -0.3 is 0 Å². The molecule has 0 aliphatic heterocycles. The Morgan fingerprint density at radius 1 is 1.38 bits per heavy atom. The molecule has 0 saturated heterocycles. The molecule has 1 aliphatic carbocycles. The van der Waals surface area contributed by atoms with Crippen LogP contribution in [-0.4, -0.2) is 26.2 Å². The molecule has 1 aromatic heterocycles. The second-order valence-electron chi connectivity index (χ2n) is 4.10. The molecular weight excluding hydrogens is 244 g/mol. The number of thiazole rings is 1. The van der Waals surface area contributed by atoms with E-state index in [9.17, 15) is 8.42 Å². The van der Waals surface area contributed by atoms with Crippen LogP contribution < -0.4 is 4.72 Å². The molecule has 0 saturated carbocycles. The molecule has 16 heavy (non-hydrogen) atoms. The van der Waals surface area contributed by atoms with Gasteiger partial charge in [-0.2, -0.15) is 0 Å². The normalized spacial score (nSPS) is 16.1. The Bertz CT molecular complexity index is 442. The first-order chi connectivity index (χ1) is 7.54. The van der Waals surface area contributed by atoms with Crippen LogP contribution in [-0.2, 0) is 29.3 Å². The van der Waals surface area contributed by atoms with Gasteiger partial charge in [0.15, 0.2) is 0 Å². The van der Waals surface area contributed by atoms with Gasteiger partial charge in [0.25, 0.3) is 0 Å². The van der Waals surface area contributed by atoms with Gasteiger partial charge >= 0.3 is 0 Å². The van der Waals surface area contributed by atoms with Crippen molar-refractivity contribution < 1.29 is 8.42 Å². The van der Waals surface area contributed by atoms with Crippen LogP contribution in [0.2, 0.25) is 0 Å². The van der Waals surface area contributed by atoms with Gasteiger partial charge in [0.05, 0.1) is 17.0 Å². The number of hydrogen-bond donors (Lipinski definition) is 1. The van der Waals surface area contributed by atoms with E-state index in [4.69, 9.17) is 0 Å². The number of sulfonamides is 1. The highest BCUT2D eigenvalue weighted by Gasteiger charge is 2.14. The molecule has 0 radical (unpaired) electrons. The number of hydrogen-bond acceptors (Lipinski definition) is 4. The lowest BCUT2D eigenvalue weighted by molar-refractivity contribution is 0.587. The maximum absolute atomic E-state index is 10.9. The van der Waals surface area contributed by atoms with Gasteiger partial charge in [-0.05, 0) is 25.7 Å². The first-order valence-electron chi connectivity index (χ1n) is 5.47. The van der Waals surface area contributed by atoms with E-state index in [-0.39, 0.29) is 0 Å². The second kappa shape index (κ2) is 4.81. The lowest BCUT2D eigenvalue weighted by atomic mass is 10.0. The van der Waals surface area contributed by atoms with Crippen LogP contribution in [0.4, 0.5) is 0 Å². The summed E-state index contributed by atoms with van der Waals surface area (Å²) in [7, 11) is -3.07. The highest BCUT2D eigenvalue weighted by molar-refractivity contribution is 7.88. The summed E-state index contributed by atoms with van der Waals surface area (Å²) in [5.74, 6) is 0. The van der Waals surface area contributed by atoms with E-state index in [1.165, 1.54) is 29.7 Å². The predicted octanol–water partition coefficient (Wildman–Crippen LogP) is 1.11. The largest absolute Gasteiger partial charge is 0.246 e. The Morgan fingerprint density at radius 3 is 2.81 bits per heavy atom. The van der Waals surface area contributed by atoms with Gasteiger partial charge in [-0.25, -0.2) is 18.1 Å². The van der Waals surface area contributed by atoms with Crippen LogP contribution >= 0.6 is 11.3 Å². The first-order valence-corrected chi connectivity index (χ1v) is 8.17. The van der Waals surface area contributed by atoms with Crippen molar-refractivity contribution in [3.05, 3.63) is 15.6 Å². The Labute approximate surface area is 100 Å². The maximum atomic E-state index is 10.9. The summed E-state index contributed by atoms with van der Waals surface area (Å²) >= 11 is 1.74. The third-order valence-corrected chi connectivity index (χ3v) is 4.54. The molecule has 1 heterocycles. The molecular formula is C10H16N2O2S2. The zero-order valence-electron chi connectivity index (χ0n) is 9.32. The van der Waals surface area contributed by atoms with Crippen LogP contribution in [0.1, 0.15) is 28.4 Å². The minimum Gasteiger partial charge on any atom is -0.246 e. The molecule has 0 atom stereocenters. The van der Waals surface area contributed by atoms with Crippen LogP contribution in [0.25, 0.3) is 0 Å². The van der Waals surface area contributed by atoms with Crippen LogP contribution in [0.3, 0.4) is 0 Å². The average Bonchev–Trinajstić information content (AvgIpc) is 2.57. The van der Waals surface area contributed by atoms with E-state index in [2.05, 4.69) is 9.71 Å². The summed E-state index contributed by atoms with van der Waals surface area (Å²) in [5, 5.41) is 1.06. The van der Waals surface area contributed by atoms with Gasteiger partial charge in [0.1, 0.15) is 0 Å². The fourth-order valence-electron chi connectivity index (χ4n) is 1.86. The molecule has 6 heteroatoms. The first kappa shape index (κ1) is 12.0. The van der Waals surface area contributed by atoms with Crippen LogP contribution in [0, 0.1) is 0 Å². The van der Waals surface area contributed by atoms with Crippen LogP contribution in [0.15, 0.2) is 0 Å². The molecule has 2 rings (SSSR count). The minimum absolute atomic E-state index is 0.450. The van der Waals surface area contributed by atoms with E-state index in [0.29, 0.717) is 13.0 Å². The van der Waals surface area contributed by atoms with Gasteiger partial charge in [0, 0.05) is 17.8 Å². The summed E-state index contributed by atoms with van der Waals surface area (Å²) in [5.41, 5.74) is 1.24. The molecule has 0 aromatic carbocycles. The van der Waals surface area contributed by atoms with Crippen molar-refractivity contribution in [1.82, 2.24) is 9.71 Å². The van der Waals surface area contributed by atoms with E-state index in [1.807, 2.05) is 0 Å². The summed E-state index contributed by atoms with van der Waals surface area (Å²) in [6.45, 7) is 0.450. The summed E-state index contributed by atoms with van der Waals surface area (Å²) in [4.78, 5) is 5.96. The third kappa shape index (κ3) is 3.26. The van der Waals surface area contributed by atoms with Crippen molar-refractivity contribution in [2.75, 3.05) is 12.8 Å². The SMILES string of the molecule is CS(=O)(=O)NCCc1nc2c(s1)CCCC2. The number of nitrogens with one attached hydrogen (secondary N) is 1. The van der Waals surface area contributed by atoms with Gasteiger partial charge in [-0.3, -0.25) is 0 Å². The lowest BCUT2D eigenvalue weighted by Gasteiger charge is -2.06. The van der Waals surface area contributed by atoms with E-state index in [1.54, 1.807) is 11.3 Å². The van der Waals surface area contributed by atoms with E-state index >= 15 is 0 Å². The Balaban J connectivity index is 1.93. The highest BCUT2D eigenvalue weighted by Crippen LogP contribution is 2.26. The van der Waals surface area contributed by atoms with Gasteiger partial charge in [-0.15, -0.1) is 11.3 Å². The van der Waals surface area contributed by atoms with Crippen LogP contribution in [0.5, 0.6) is 0 Å². The van der Waals surface area contributed by atoms with Crippen molar-refractivity contribution in [3.63, 3.8) is 0 Å². The lowest BCUT2D eigenvalue weighted by Crippen LogP contribution is -2.24. The fraction of sp³-hybridized carbons (Fsp3) is 0.700. The third-order valence-electron chi connectivity index (χ3n) is 2.59. The Kier molecular flexibility index (Phi) is 3.61. The summed E-state index contributed by atoms with van der Waals surface area (Å²) < 4.78 is 24.3. The van der Waals surface area contributed by atoms with Crippen molar-refractivity contribution in [1.29, 1.82) is 0 Å². The standard InChI is InChI=1S/C10H16N2O2S2/c1-16(13,14)11-7-6-10-12-8-4-2-3-5-9(8)15-10/h11H,2-7H2,1H3. The number of aryl methyl sites for hydroxylation is 2. The monoisotopic (exact) mass is 260 g/mol. The summed E-state index contributed by atoms with van der Waals surface area (Å²) in [6, 6.07) is 0. The maximum Gasteiger partial charge on any atom is 0.208 e. The fourth-order valence-corrected chi connectivity index (χ4v) is 3.48. The quantitative estimate of drug-likeness (QED) is 0.882. The molecule has 0 amide bonds. The van der Waals surface area contributed by atoms with Crippen molar-refractivity contribution in [2.24, 2.45) is 0 Å². The Morgan fingerprint density at radius 2 is 2.12 bits per heavy atom. The van der Waals surface area contributed by atoms with Gasteiger partial charge in [0.2, 0.25) is 10.0 Å². The topological polar surface area (TPSA) is 59.1 Å². The molecule has 1 aromatic rings. The number of aromatic nitrogens is 1. The number of fused-ring (bicyclic) bond motifs is 1. The minimum atomic E-state index is -3.07. The zero-order chi connectivity index (χ0) is 11.6. The second-order valence-corrected chi connectivity index (χ2v) is 7.10. The average molecular weight is 260 g/mol. The molecule has 4 nitrogen and oxygen atoms in total. The molecule has 1 N–H and O–H groups in total. The summed E-state index contributed by atoms with van der Waals surface area (Å²) in [6.07, 6.45) is 6.61. The number of rotatable bonds is 4.